The molecule has 1 saturated heterocycles. The van der Waals surface area contributed by atoms with Crippen LogP contribution in [0.2, 0.25) is 5.02 Å². The highest BCUT2D eigenvalue weighted by molar-refractivity contribution is 6.31. The molecule has 1 aromatic carbocycles. The minimum atomic E-state index is -0.461. The summed E-state index contributed by atoms with van der Waals surface area (Å²) in [6, 6.07) is 7.88. The first-order valence-electron chi connectivity index (χ1n) is 8.00. The molecule has 4 nitrogen and oxygen atoms in total. The van der Waals surface area contributed by atoms with Crippen LogP contribution in [0, 0.1) is 11.7 Å². The lowest BCUT2D eigenvalue weighted by Gasteiger charge is -2.30. The van der Waals surface area contributed by atoms with E-state index in [2.05, 4.69) is 17.2 Å². The van der Waals surface area contributed by atoms with Gasteiger partial charge in [0.2, 0.25) is 0 Å². The number of carbonyl (C=O) groups is 1. The van der Waals surface area contributed by atoms with E-state index in [1.807, 2.05) is 4.90 Å². The van der Waals surface area contributed by atoms with E-state index in [1.165, 1.54) is 12.1 Å². The van der Waals surface area contributed by atoms with Gasteiger partial charge in [-0.05, 0) is 49.1 Å². The number of amides is 1. The van der Waals surface area contributed by atoms with Gasteiger partial charge in [-0.25, -0.2) is 9.37 Å². The maximum Gasteiger partial charge on any atom is 0.272 e. The van der Waals surface area contributed by atoms with Gasteiger partial charge in [0.1, 0.15) is 11.5 Å². The van der Waals surface area contributed by atoms with Crippen LogP contribution in [-0.4, -0.2) is 28.9 Å². The van der Waals surface area contributed by atoms with E-state index >= 15 is 0 Å². The molecular formula is C18H19ClFN3O. The molecule has 126 valence electrons. The van der Waals surface area contributed by atoms with Crippen LogP contribution in [0.25, 0.3) is 0 Å². The number of benzene rings is 1. The SMILES string of the molecule is CC1CCN(C(=O)c2ccc(Nc3ccc(F)c(Cl)c3)cn2)CC1. The molecule has 0 aliphatic carbocycles. The second kappa shape index (κ2) is 7.18. The number of nitrogens with one attached hydrogen (secondary N) is 1. The molecule has 0 atom stereocenters. The monoisotopic (exact) mass is 347 g/mol. The zero-order valence-electron chi connectivity index (χ0n) is 13.4. The van der Waals surface area contributed by atoms with Gasteiger partial charge >= 0.3 is 0 Å². The molecule has 0 radical (unpaired) electrons. The van der Waals surface area contributed by atoms with Gasteiger partial charge in [-0.2, -0.15) is 0 Å². The first kappa shape index (κ1) is 16.7. The molecule has 1 amide bonds. The van der Waals surface area contributed by atoms with Gasteiger partial charge in [0.25, 0.3) is 5.91 Å². The largest absolute Gasteiger partial charge is 0.354 e. The van der Waals surface area contributed by atoms with Crippen LogP contribution in [-0.2, 0) is 0 Å². The quantitative estimate of drug-likeness (QED) is 0.889. The van der Waals surface area contributed by atoms with Crippen LogP contribution < -0.4 is 5.32 Å². The van der Waals surface area contributed by atoms with Crippen molar-refractivity contribution in [2.24, 2.45) is 5.92 Å². The molecule has 1 aliphatic heterocycles. The Kier molecular flexibility index (Phi) is 5.00. The number of hydrogen-bond donors (Lipinski definition) is 1. The van der Waals surface area contributed by atoms with Crippen molar-refractivity contribution >= 4 is 28.9 Å². The third kappa shape index (κ3) is 3.85. The van der Waals surface area contributed by atoms with Gasteiger partial charge in [-0.15, -0.1) is 0 Å². The number of hydrogen-bond acceptors (Lipinski definition) is 3. The Labute approximate surface area is 145 Å². The highest BCUT2D eigenvalue weighted by Crippen LogP contribution is 2.23. The van der Waals surface area contributed by atoms with Crippen LogP contribution in [0.3, 0.4) is 0 Å². The topological polar surface area (TPSA) is 45.2 Å². The molecule has 0 saturated carbocycles. The fraction of sp³-hybridized carbons (Fsp3) is 0.333. The molecular weight excluding hydrogens is 329 g/mol. The van der Waals surface area contributed by atoms with Crippen molar-refractivity contribution in [3.63, 3.8) is 0 Å². The van der Waals surface area contributed by atoms with Gasteiger partial charge in [-0.3, -0.25) is 4.79 Å². The van der Waals surface area contributed by atoms with E-state index < -0.39 is 5.82 Å². The minimum Gasteiger partial charge on any atom is -0.354 e. The van der Waals surface area contributed by atoms with Crippen molar-refractivity contribution in [3.8, 4) is 0 Å². The Morgan fingerprint density at radius 1 is 1.25 bits per heavy atom. The lowest BCUT2D eigenvalue weighted by molar-refractivity contribution is 0.0691. The van der Waals surface area contributed by atoms with E-state index in [0.717, 1.165) is 25.9 Å². The Bertz CT molecular complexity index is 728. The van der Waals surface area contributed by atoms with E-state index in [0.29, 0.717) is 23.0 Å². The summed E-state index contributed by atoms with van der Waals surface area (Å²) in [6.07, 6.45) is 3.67. The summed E-state index contributed by atoms with van der Waals surface area (Å²) in [6.45, 7) is 3.79. The molecule has 0 unspecified atom stereocenters. The molecule has 0 spiro atoms. The van der Waals surface area contributed by atoms with Gasteiger partial charge in [0.15, 0.2) is 0 Å². The summed E-state index contributed by atoms with van der Waals surface area (Å²) in [5.41, 5.74) is 1.81. The molecule has 3 rings (SSSR count). The fourth-order valence-electron chi connectivity index (χ4n) is 2.71. The molecule has 2 heterocycles. The number of pyridine rings is 1. The Morgan fingerprint density at radius 3 is 2.58 bits per heavy atom. The second-order valence-electron chi connectivity index (χ2n) is 6.16. The summed E-state index contributed by atoms with van der Waals surface area (Å²) >= 11 is 5.76. The number of piperidine rings is 1. The van der Waals surface area contributed by atoms with Crippen molar-refractivity contribution in [1.82, 2.24) is 9.88 Å². The highest BCUT2D eigenvalue weighted by Gasteiger charge is 2.22. The Morgan fingerprint density at radius 2 is 1.96 bits per heavy atom. The van der Waals surface area contributed by atoms with Crippen molar-refractivity contribution in [2.45, 2.75) is 19.8 Å². The van der Waals surface area contributed by atoms with Crippen LogP contribution in [0.5, 0.6) is 0 Å². The van der Waals surface area contributed by atoms with Gasteiger partial charge in [0, 0.05) is 18.8 Å². The maximum atomic E-state index is 13.2. The number of anilines is 2. The molecule has 0 bridgehead atoms. The number of aromatic nitrogens is 1. The lowest BCUT2D eigenvalue weighted by Crippen LogP contribution is -2.38. The average molecular weight is 348 g/mol. The number of likely N-dealkylation sites (tertiary alicyclic amines) is 1. The molecule has 1 fully saturated rings. The van der Waals surface area contributed by atoms with E-state index in [1.54, 1.807) is 24.4 Å². The summed E-state index contributed by atoms with van der Waals surface area (Å²) in [4.78, 5) is 18.5. The molecule has 2 aromatic rings. The van der Waals surface area contributed by atoms with E-state index in [9.17, 15) is 9.18 Å². The van der Waals surface area contributed by atoms with Gasteiger partial charge in [0.05, 0.1) is 16.9 Å². The number of halogens is 2. The van der Waals surface area contributed by atoms with Gasteiger partial charge in [-0.1, -0.05) is 18.5 Å². The normalized spacial score (nSPS) is 15.4. The van der Waals surface area contributed by atoms with E-state index in [4.69, 9.17) is 11.6 Å². The summed E-state index contributed by atoms with van der Waals surface area (Å²) in [5, 5.41) is 3.14. The summed E-state index contributed by atoms with van der Waals surface area (Å²) in [7, 11) is 0. The van der Waals surface area contributed by atoms with Crippen molar-refractivity contribution in [2.75, 3.05) is 18.4 Å². The zero-order chi connectivity index (χ0) is 17.1. The third-order valence-corrected chi connectivity index (χ3v) is 4.55. The maximum absolute atomic E-state index is 13.2. The number of carbonyl (C=O) groups excluding carboxylic acids is 1. The Balaban J connectivity index is 1.66. The van der Waals surface area contributed by atoms with Crippen LogP contribution >= 0.6 is 11.6 Å². The molecule has 1 N–H and O–H groups in total. The van der Waals surface area contributed by atoms with Crippen molar-refractivity contribution in [3.05, 3.63) is 53.1 Å². The van der Waals surface area contributed by atoms with E-state index in [-0.39, 0.29) is 10.9 Å². The highest BCUT2D eigenvalue weighted by atomic mass is 35.5. The number of rotatable bonds is 3. The van der Waals surface area contributed by atoms with Gasteiger partial charge < -0.3 is 10.2 Å². The smallest absolute Gasteiger partial charge is 0.272 e. The minimum absolute atomic E-state index is 0.0294. The van der Waals surface area contributed by atoms with Crippen molar-refractivity contribution < 1.29 is 9.18 Å². The van der Waals surface area contributed by atoms with Crippen LogP contribution in [0.15, 0.2) is 36.5 Å². The number of nitrogens with zero attached hydrogens (tertiary/aromatic N) is 2. The Hall–Kier alpha value is -2.14. The zero-order valence-corrected chi connectivity index (χ0v) is 14.2. The molecule has 24 heavy (non-hydrogen) atoms. The third-order valence-electron chi connectivity index (χ3n) is 4.26. The standard InChI is InChI=1S/C18H19ClFN3O/c1-12-6-8-23(9-7-12)18(24)17-5-3-14(11-21-17)22-13-2-4-16(20)15(19)10-13/h2-5,10-12,22H,6-9H2,1H3. The predicted octanol–water partition coefficient (Wildman–Crippen LogP) is 4.49. The second-order valence-corrected chi connectivity index (χ2v) is 6.57. The van der Waals surface area contributed by atoms with Crippen LogP contribution in [0.1, 0.15) is 30.3 Å². The van der Waals surface area contributed by atoms with Crippen LogP contribution in [0.4, 0.5) is 15.8 Å². The predicted molar refractivity (Wildman–Crippen MR) is 93.2 cm³/mol. The lowest BCUT2D eigenvalue weighted by atomic mass is 9.99. The molecule has 1 aliphatic rings. The average Bonchev–Trinajstić information content (AvgIpc) is 2.59. The fourth-order valence-corrected chi connectivity index (χ4v) is 2.89. The molecule has 1 aromatic heterocycles. The summed E-state index contributed by atoms with van der Waals surface area (Å²) in [5.74, 6) is 0.187. The van der Waals surface area contributed by atoms with Crippen molar-refractivity contribution in [1.29, 1.82) is 0 Å². The first-order valence-corrected chi connectivity index (χ1v) is 8.38. The molecule has 6 heteroatoms. The first-order chi connectivity index (χ1) is 11.5. The summed E-state index contributed by atoms with van der Waals surface area (Å²) < 4.78 is 13.2.